The van der Waals surface area contributed by atoms with Gasteiger partial charge in [-0.3, -0.25) is 9.58 Å². The molecule has 3 aliphatic rings. The topological polar surface area (TPSA) is 78.4 Å². The van der Waals surface area contributed by atoms with Crippen molar-refractivity contribution in [3.63, 3.8) is 0 Å². The SMILES string of the molecule is CC(C)n1nc(-c2cnc(N)c(OC(F)(F)F)c2)cc1[C@H]1[C@@H]2C[C@H](N3CCOC[C@@H]3C)C[C@@H]21. The van der Waals surface area contributed by atoms with E-state index >= 15 is 0 Å². The van der Waals surface area contributed by atoms with Gasteiger partial charge in [-0.2, -0.15) is 5.10 Å². The molecule has 3 heterocycles. The maximum absolute atomic E-state index is 12.7. The summed E-state index contributed by atoms with van der Waals surface area (Å²) in [7, 11) is 0. The molecule has 0 spiro atoms. The summed E-state index contributed by atoms with van der Waals surface area (Å²) >= 11 is 0. The number of fused-ring (bicyclic) bond motifs is 1. The minimum Gasteiger partial charge on any atom is -0.402 e. The predicted molar refractivity (Wildman–Crippen MR) is 117 cm³/mol. The lowest BCUT2D eigenvalue weighted by Crippen LogP contribution is -2.49. The van der Waals surface area contributed by atoms with Crippen molar-refractivity contribution >= 4 is 5.82 Å². The van der Waals surface area contributed by atoms with Crippen molar-refractivity contribution < 1.29 is 22.6 Å². The molecule has 0 radical (unpaired) electrons. The molecule has 2 aromatic heterocycles. The van der Waals surface area contributed by atoms with Crippen LogP contribution in [0.1, 0.15) is 51.3 Å². The van der Waals surface area contributed by atoms with Crippen molar-refractivity contribution in [2.45, 2.75) is 64.0 Å². The minimum absolute atomic E-state index is 0.137. The number of alkyl halides is 3. The molecule has 3 fully saturated rings. The molecular formula is C23H30F3N5O2. The third kappa shape index (κ3) is 4.30. The van der Waals surface area contributed by atoms with E-state index in [1.165, 1.54) is 25.1 Å². The molecule has 2 N–H and O–H groups in total. The molecule has 33 heavy (non-hydrogen) atoms. The molecule has 2 aliphatic carbocycles. The fourth-order valence-electron chi connectivity index (χ4n) is 5.82. The molecule has 1 aliphatic heterocycles. The van der Waals surface area contributed by atoms with Crippen LogP contribution in [0.15, 0.2) is 18.3 Å². The monoisotopic (exact) mass is 465 g/mol. The van der Waals surface area contributed by atoms with E-state index in [-0.39, 0.29) is 11.9 Å². The van der Waals surface area contributed by atoms with E-state index < -0.39 is 12.1 Å². The number of halogens is 3. The third-order valence-corrected chi connectivity index (χ3v) is 7.31. The first-order chi connectivity index (χ1) is 15.6. The highest BCUT2D eigenvalue weighted by molar-refractivity contribution is 5.64. The Balaban J connectivity index is 1.36. The van der Waals surface area contributed by atoms with Gasteiger partial charge in [0.15, 0.2) is 11.6 Å². The maximum Gasteiger partial charge on any atom is 0.573 e. The van der Waals surface area contributed by atoms with E-state index in [9.17, 15) is 13.2 Å². The Bertz CT molecular complexity index is 1010. The number of morpholine rings is 1. The van der Waals surface area contributed by atoms with Gasteiger partial charge in [0.25, 0.3) is 0 Å². The summed E-state index contributed by atoms with van der Waals surface area (Å²) in [6.45, 7) is 8.97. The average molecular weight is 466 g/mol. The Morgan fingerprint density at radius 3 is 2.58 bits per heavy atom. The highest BCUT2D eigenvalue weighted by atomic mass is 19.4. The summed E-state index contributed by atoms with van der Waals surface area (Å²) in [4.78, 5) is 6.50. The van der Waals surface area contributed by atoms with Crippen LogP contribution < -0.4 is 10.5 Å². The van der Waals surface area contributed by atoms with E-state index in [4.69, 9.17) is 15.6 Å². The second kappa shape index (κ2) is 8.16. The molecule has 5 atom stereocenters. The number of pyridine rings is 1. The minimum atomic E-state index is -4.84. The van der Waals surface area contributed by atoms with Crippen LogP contribution in [-0.2, 0) is 4.74 Å². The Labute approximate surface area is 191 Å². The summed E-state index contributed by atoms with van der Waals surface area (Å²) in [6, 6.07) is 4.46. The lowest BCUT2D eigenvalue weighted by atomic mass is 10.0. The zero-order valence-corrected chi connectivity index (χ0v) is 19.0. The van der Waals surface area contributed by atoms with Crippen LogP contribution in [0.25, 0.3) is 11.3 Å². The molecule has 7 nitrogen and oxygen atoms in total. The van der Waals surface area contributed by atoms with Crippen LogP contribution in [0.5, 0.6) is 5.75 Å². The summed E-state index contributed by atoms with van der Waals surface area (Å²) < 4.78 is 49.8. The van der Waals surface area contributed by atoms with Crippen molar-refractivity contribution in [1.82, 2.24) is 19.7 Å². The van der Waals surface area contributed by atoms with Crippen molar-refractivity contribution in [2.75, 3.05) is 25.5 Å². The van der Waals surface area contributed by atoms with Crippen LogP contribution in [0, 0.1) is 11.8 Å². The lowest BCUT2D eigenvalue weighted by Gasteiger charge is -2.38. The van der Waals surface area contributed by atoms with Gasteiger partial charge in [0.2, 0.25) is 0 Å². The second-order valence-corrected chi connectivity index (χ2v) is 9.79. The van der Waals surface area contributed by atoms with Gasteiger partial charge >= 0.3 is 6.36 Å². The van der Waals surface area contributed by atoms with Crippen molar-refractivity contribution in [1.29, 1.82) is 0 Å². The van der Waals surface area contributed by atoms with E-state index in [0.717, 1.165) is 25.5 Å². The summed E-state index contributed by atoms with van der Waals surface area (Å²) in [6.07, 6.45) is -1.05. The number of hydrogen-bond acceptors (Lipinski definition) is 6. The number of aromatic nitrogens is 3. The Hall–Kier alpha value is -2.33. The largest absolute Gasteiger partial charge is 0.573 e. The molecule has 0 unspecified atom stereocenters. The first-order valence-corrected chi connectivity index (χ1v) is 11.6. The zero-order valence-electron chi connectivity index (χ0n) is 19.0. The number of anilines is 1. The fourth-order valence-corrected chi connectivity index (χ4v) is 5.82. The number of nitrogens with two attached hydrogens (primary N) is 1. The summed E-state index contributed by atoms with van der Waals surface area (Å²) in [5.41, 5.74) is 7.78. The molecule has 5 rings (SSSR count). The number of nitrogen functional groups attached to an aromatic ring is 1. The standard InChI is InChI=1S/C23H30F3N5O2/c1-12(2)31-19(21-16-7-15(8-17(16)21)30-4-5-32-11-13(30)3)9-18(29-31)14-6-20(22(27)28-10-14)33-23(24,25)26/h6,9-10,12-13,15-17,21H,4-5,7-8,11H2,1-3H3,(H2,27,28)/t13-,15-,16+,17-,21-/m0/s1. The van der Waals surface area contributed by atoms with E-state index in [1.54, 1.807) is 0 Å². The predicted octanol–water partition coefficient (Wildman–Crippen LogP) is 4.22. The van der Waals surface area contributed by atoms with Crippen molar-refractivity contribution in [3.05, 3.63) is 24.0 Å². The van der Waals surface area contributed by atoms with Gasteiger partial charge < -0.3 is 15.2 Å². The second-order valence-electron chi connectivity index (χ2n) is 9.79. The van der Waals surface area contributed by atoms with Crippen LogP contribution in [0.3, 0.4) is 0 Å². The van der Waals surface area contributed by atoms with E-state index in [1.807, 2.05) is 10.7 Å². The van der Waals surface area contributed by atoms with Gasteiger partial charge in [-0.25, -0.2) is 4.98 Å². The third-order valence-electron chi connectivity index (χ3n) is 7.31. The van der Waals surface area contributed by atoms with E-state index in [2.05, 4.69) is 35.4 Å². The van der Waals surface area contributed by atoms with Crippen LogP contribution in [0.2, 0.25) is 0 Å². The number of nitrogens with zero attached hydrogens (tertiary/aromatic N) is 4. The number of hydrogen-bond donors (Lipinski definition) is 1. The molecule has 180 valence electrons. The van der Waals surface area contributed by atoms with E-state index in [0.29, 0.717) is 41.1 Å². The Morgan fingerprint density at radius 2 is 1.94 bits per heavy atom. The fraction of sp³-hybridized carbons (Fsp3) is 0.652. The summed E-state index contributed by atoms with van der Waals surface area (Å²) in [5, 5.41) is 4.73. The van der Waals surface area contributed by atoms with Crippen molar-refractivity contribution in [2.24, 2.45) is 11.8 Å². The quantitative estimate of drug-likeness (QED) is 0.713. The van der Waals surface area contributed by atoms with Crippen LogP contribution in [-0.4, -0.2) is 57.9 Å². The average Bonchev–Trinajstić information content (AvgIpc) is 3.09. The first kappa shape index (κ1) is 22.5. The lowest BCUT2D eigenvalue weighted by molar-refractivity contribution is -0.274. The van der Waals surface area contributed by atoms with Gasteiger partial charge in [0.05, 0.1) is 18.9 Å². The molecule has 1 saturated heterocycles. The molecule has 0 bridgehead atoms. The number of ether oxygens (including phenoxy) is 2. The first-order valence-electron chi connectivity index (χ1n) is 11.6. The molecule has 0 aromatic carbocycles. The molecule has 2 saturated carbocycles. The highest BCUT2D eigenvalue weighted by Gasteiger charge is 2.59. The summed E-state index contributed by atoms with van der Waals surface area (Å²) in [5.74, 6) is 0.876. The molecule has 2 aromatic rings. The molecule has 0 amide bonds. The smallest absolute Gasteiger partial charge is 0.402 e. The van der Waals surface area contributed by atoms with Gasteiger partial charge in [0, 0.05) is 48.0 Å². The highest BCUT2D eigenvalue weighted by Crippen LogP contribution is 2.64. The zero-order chi connectivity index (χ0) is 23.5. The van der Waals surface area contributed by atoms with Crippen LogP contribution in [0.4, 0.5) is 19.0 Å². The van der Waals surface area contributed by atoms with Gasteiger partial charge in [-0.1, -0.05) is 0 Å². The van der Waals surface area contributed by atoms with Gasteiger partial charge in [-0.05, 0) is 57.6 Å². The van der Waals surface area contributed by atoms with Gasteiger partial charge in [0.1, 0.15) is 0 Å². The Morgan fingerprint density at radius 1 is 1.21 bits per heavy atom. The normalized spacial score (nSPS) is 30.0. The number of rotatable bonds is 5. The molecule has 10 heteroatoms. The molecular weight excluding hydrogens is 435 g/mol. The maximum atomic E-state index is 12.7. The van der Waals surface area contributed by atoms with Crippen molar-refractivity contribution in [3.8, 4) is 17.0 Å². The van der Waals surface area contributed by atoms with Gasteiger partial charge in [-0.15, -0.1) is 13.2 Å². The van der Waals surface area contributed by atoms with Crippen LogP contribution >= 0.6 is 0 Å². The Kier molecular flexibility index (Phi) is 5.55.